The van der Waals surface area contributed by atoms with E-state index in [1.807, 2.05) is 0 Å². The van der Waals surface area contributed by atoms with Gasteiger partial charge in [-0.05, 0) is 20.1 Å². The zero-order chi connectivity index (χ0) is 17.4. The summed E-state index contributed by atoms with van der Waals surface area (Å²) in [5.41, 5.74) is 3.84. The second-order valence-corrected chi connectivity index (χ2v) is 7.12. The van der Waals surface area contributed by atoms with E-state index in [2.05, 4.69) is 100 Å². The number of hydrogen-bond donors (Lipinski definition) is 1. The molecule has 5 heteroatoms. The summed E-state index contributed by atoms with van der Waals surface area (Å²) >= 11 is -3.76. The molecule has 0 bridgehead atoms. The molecule has 0 saturated heterocycles. The number of hydrogen-bond acceptors (Lipinski definition) is 3. The van der Waals surface area contributed by atoms with Gasteiger partial charge in [-0.15, -0.1) is 9.24 Å². The average molecular weight is 452 g/mol. The Labute approximate surface area is 153 Å². The molecule has 0 radical (unpaired) electrons. The van der Waals surface area contributed by atoms with Gasteiger partial charge >= 0.3 is 21.1 Å². The molecule has 3 nitrogen and oxygen atoms in total. The molecule has 1 atom stereocenters. The summed E-state index contributed by atoms with van der Waals surface area (Å²) in [6.45, 7) is 0. The molecule has 0 fully saturated rings. The lowest BCUT2D eigenvalue weighted by Crippen LogP contribution is -3.98. The minimum atomic E-state index is -3.76. The maximum Gasteiger partial charge on any atom is 0.503 e. The highest BCUT2D eigenvalue weighted by molar-refractivity contribution is 7.19. The standard InChI is InChI=1S/C19H17P.HIO3/c20-19(16-10-4-1-5-11-16,17-12-6-2-7-13-17)18-14-8-3-9-15-18;2-1(3)4/h1-15H,20H2;2H. The molecule has 3 aromatic rings. The van der Waals surface area contributed by atoms with Crippen LogP contribution in [0.15, 0.2) is 91.0 Å². The van der Waals surface area contributed by atoms with E-state index < -0.39 is 21.1 Å². The maximum absolute atomic E-state index is 8.68. The van der Waals surface area contributed by atoms with Gasteiger partial charge in [0.25, 0.3) is 0 Å². The van der Waals surface area contributed by atoms with E-state index >= 15 is 0 Å². The molecule has 0 spiro atoms. The van der Waals surface area contributed by atoms with E-state index in [4.69, 9.17) is 10.3 Å². The Balaban J connectivity index is 0.000000471. The van der Waals surface area contributed by atoms with E-state index in [1.165, 1.54) is 16.7 Å². The van der Waals surface area contributed by atoms with Crippen molar-refractivity contribution in [2.24, 2.45) is 0 Å². The predicted molar refractivity (Wildman–Crippen MR) is 91.1 cm³/mol. The van der Waals surface area contributed by atoms with Crippen molar-refractivity contribution in [3.05, 3.63) is 108 Å². The zero-order valence-electron chi connectivity index (χ0n) is 12.9. The summed E-state index contributed by atoms with van der Waals surface area (Å²) in [5.74, 6) is 0. The van der Waals surface area contributed by atoms with Gasteiger partial charge in [-0.3, -0.25) is 0 Å². The summed E-state index contributed by atoms with van der Waals surface area (Å²) in [4.78, 5) is 0. The van der Waals surface area contributed by atoms with Crippen LogP contribution in [0, 0.1) is 0 Å². The summed E-state index contributed by atoms with van der Waals surface area (Å²) in [7, 11) is 3.06. The fourth-order valence-electron chi connectivity index (χ4n) is 2.60. The summed E-state index contributed by atoms with van der Waals surface area (Å²) in [6, 6.07) is 31.9. The summed E-state index contributed by atoms with van der Waals surface area (Å²) < 4.78 is 24.5. The molecule has 0 aliphatic rings. The van der Waals surface area contributed by atoms with E-state index in [9.17, 15) is 0 Å². The van der Waals surface area contributed by atoms with Gasteiger partial charge in [0, 0.05) is 0 Å². The Hall–Kier alpha value is -1.30. The van der Waals surface area contributed by atoms with Crippen LogP contribution in [0.1, 0.15) is 16.7 Å². The predicted octanol–water partition coefficient (Wildman–Crippen LogP) is -1.08. The van der Waals surface area contributed by atoms with Gasteiger partial charge in [0.05, 0.1) is 5.16 Å². The fourth-order valence-corrected chi connectivity index (χ4v) is 3.18. The molecule has 1 N–H and O–H groups in total. The van der Waals surface area contributed by atoms with Gasteiger partial charge in [0.1, 0.15) is 0 Å². The largest absolute Gasteiger partial charge is 0.503 e. The third-order valence-electron chi connectivity index (χ3n) is 3.69. The van der Waals surface area contributed by atoms with E-state index in [1.54, 1.807) is 0 Å². The van der Waals surface area contributed by atoms with Crippen LogP contribution in [0.2, 0.25) is 0 Å². The third-order valence-corrected chi connectivity index (χ3v) is 4.69. The lowest BCUT2D eigenvalue weighted by molar-refractivity contribution is -1.63. The Morgan fingerprint density at radius 3 is 1.04 bits per heavy atom. The van der Waals surface area contributed by atoms with Crippen molar-refractivity contribution in [3.63, 3.8) is 0 Å². The van der Waals surface area contributed by atoms with Crippen LogP contribution in [0.3, 0.4) is 0 Å². The molecule has 0 aliphatic heterocycles. The van der Waals surface area contributed by atoms with Crippen LogP contribution >= 0.6 is 9.24 Å². The molecule has 0 aliphatic carbocycles. The Morgan fingerprint density at radius 2 is 0.833 bits per heavy atom. The smallest absolute Gasteiger partial charge is 0.396 e. The molecular formula is C19H18IO3P. The topological polar surface area (TPSA) is 66.3 Å². The highest BCUT2D eigenvalue weighted by Crippen LogP contribution is 2.44. The van der Waals surface area contributed by atoms with Gasteiger partial charge in [0.15, 0.2) is 0 Å². The molecule has 124 valence electrons. The highest BCUT2D eigenvalue weighted by atomic mass is 127. The van der Waals surface area contributed by atoms with Crippen LogP contribution < -0.4 is 27.9 Å². The van der Waals surface area contributed by atoms with Crippen molar-refractivity contribution in [3.8, 4) is 0 Å². The quantitative estimate of drug-likeness (QED) is 0.313. The van der Waals surface area contributed by atoms with Gasteiger partial charge in [0.2, 0.25) is 0 Å². The molecule has 0 saturated carbocycles. The van der Waals surface area contributed by atoms with Crippen molar-refractivity contribution in [2.45, 2.75) is 5.16 Å². The molecule has 1 unspecified atom stereocenters. The molecule has 0 amide bonds. The first-order valence-corrected chi connectivity index (χ1v) is 10.6. The lowest BCUT2D eigenvalue weighted by atomic mass is 9.84. The maximum atomic E-state index is 8.68. The fraction of sp³-hybridized carbons (Fsp3) is 0.0526. The summed E-state index contributed by atoms with van der Waals surface area (Å²) in [5, 5.41) is -0.205. The van der Waals surface area contributed by atoms with E-state index in [0.29, 0.717) is 0 Å². The molecule has 3 aromatic carbocycles. The first-order valence-electron chi connectivity index (χ1n) is 7.25. The first-order chi connectivity index (χ1) is 11.5. The molecule has 24 heavy (non-hydrogen) atoms. The van der Waals surface area contributed by atoms with Gasteiger partial charge < -0.3 is 6.87 Å². The first kappa shape index (κ1) is 19.0. The molecule has 0 aromatic heterocycles. The van der Waals surface area contributed by atoms with Crippen molar-refractivity contribution < 1.29 is 31.4 Å². The van der Waals surface area contributed by atoms with Gasteiger partial charge in [-0.25, -0.2) is 0 Å². The highest BCUT2D eigenvalue weighted by Gasteiger charge is 2.30. The van der Waals surface area contributed by atoms with Crippen molar-refractivity contribution >= 4 is 9.24 Å². The normalized spacial score (nSPS) is 10.9. The molecule has 0 heterocycles. The number of halogens is 1. The Bertz CT molecular complexity index is 622. The van der Waals surface area contributed by atoms with Crippen molar-refractivity contribution in [1.82, 2.24) is 0 Å². The van der Waals surface area contributed by atoms with Crippen molar-refractivity contribution in [1.29, 1.82) is 0 Å². The number of rotatable bonds is 3. The van der Waals surface area contributed by atoms with E-state index in [0.717, 1.165) is 0 Å². The van der Waals surface area contributed by atoms with E-state index in [-0.39, 0.29) is 5.16 Å². The van der Waals surface area contributed by atoms with Gasteiger partial charge in [-0.2, -0.15) is 0 Å². The second kappa shape index (κ2) is 9.25. The Kier molecular flexibility index (Phi) is 7.34. The monoisotopic (exact) mass is 452 g/mol. The molecule has 3 rings (SSSR count). The minimum Gasteiger partial charge on any atom is -0.396 e. The SMILES string of the molecule is PC(c1ccccc1)(c1ccccc1)c1ccccc1.[O-][I+2]([O-])O. The minimum absolute atomic E-state index is 0.205. The van der Waals surface area contributed by atoms with Crippen LogP contribution in [-0.4, -0.2) is 3.44 Å². The van der Waals surface area contributed by atoms with Crippen LogP contribution in [0.25, 0.3) is 0 Å². The number of benzene rings is 3. The summed E-state index contributed by atoms with van der Waals surface area (Å²) in [6.07, 6.45) is 0. The second-order valence-electron chi connectivity index (χ2n) is 5.11. The van der Waals surface area contributed by atoms with Crippen molar-refractivity contribution in [2.75, 3.05) is 0 Å². The Morgan fingerprint density at radius 1 is 0.625 bits per heavy atom. The lowest BCUT2D eigenvalue weighted by Gasteiger charge is -2.31. The van der Waals surface area contributed by atoms with Crippen LogP contribution in [0.5, 0.6) is 0 Å². The average Bonchev–Trinajstić information content (AvgIpc) is 2.63. The van der Waals surface area contributed by atoms with Gasteiger partial charge in [-0.1, -0.05) is 91.0 Å². The van der Waals surface area contributed by atoms with Crippen LogP contribution in [0.4, 0.5) is 0 Å². The zero-order valence-corrected chi connectivity index (χ0v) is 16.2. The van der Waals surface area contributed by atoms with Crippen LogP contribution in [-0.2, 0) is 5.16 Å². The molecular weight excluding hydrogens is 434 g/mol. The third kappa shape index (κ3) is 4.85.